The van der Waals surface area contributed by atoms with Crippen molar-refractivity contribution in [2.45, 2.75) is 31.8 Å². The van der Waals surface area contributed by atoms with Crippen LogP contribution in [0.15, 0.2) is 18.2 Å². The Morgan fingerprint density at radius 2 is 2.35 bits per heavy atom. The first-order chi connectivity index (χ1) is 8.31. The Hall–Kier alpha value is -1.09. The van der Waals surface area contributed by atoms with Gasteiger partial charge in [0.2, 0.25) is 0 Å². The molecular weight excluding hydrogens is 217 g/mol. The van der Waals surface area contributed by atoms with Crippen molar-refractivity contribution in [3.63, 3.8) is 0 Å². The second-order valence-electron chi connectivity index (χ2n) is 5.14. The number of rotatable bonds is 2. The molecule has 0 saturated carbocycles. The fourth-order valence-electron chi connectivity index (χ4n) is 2.92. The van der Waals surface area contributed by atoms with Gasteiger partial charge < -0.3 is 10.1 Å². The van der Waals surface area contributed by atoms with Gasteiger partial charge in [-0.05, 0) is 56.5 Å². The van der Waals surface area contributed by atoms with Gasteiger partial charge in [0.15, 0.2) is 0 Å². The first-order valence-corrected chi connectivity index (χ1v) is 6.47. The van der Waals surface area contributed by atoms with Crippen LogP contribution in [0.5, 0.6) is 5.75 Å². The van der Waals surface area contributed by atoms with Crippen molar-refractivity contribution in [2.24, 2.45) is 5.92 Å². The average Bonchev–Trinajstić information content (AvgIpc) is 2.71. The van der Waals surface area contributed by atoms with Gasteiger partial charge in [-0.25, -0.2) is 4.39 Å². The third kappa shape index (κ3) is 2.44. The second kappa shape index (κ2) is 4.65. The summed E-state index contributed by atoms with van der Waals surface area (Å²) in [4.78, 5) is 0. The number of fused-ring (bicyclic) bond motifs is 1. The molecule has 17 heavy (non-hydrogen) atoms. The molecule has 1 N–H and O–H groups in total. The summed E-state index contributed by atoms with van der Waals surface area (Å²) in [7, 11) is 0. The highest BCUT2D eigenvalue weighted by atomic mass is 19.1. The van der Waals surface area contributed by atoms with E-state index in [0.717, 1.165) is 37.2 Å². The lowest BCUT2D eigenvalue weighted by Crippen LogP contribution is -2.32. The van der Waals surface area contributed by atoms with Gasteiger partial charge in [-0.15, -0.1) is 0 Å². The van der Waals surface area contributed by atoms with Crippen molar-refractivity contribution in [1.82, 2.24) is 5.32 Å². The van der Waals surface area contributed by atoms with Crippen LogP contribution in [0, 0.1) is 11.7 Å². The van der Waals surface area contributed by atoms with E-state index in [1.54, 1.807) is 12.1 Å². The van der Waals surface area contributed by atoms with Crippen molar-refractivity contribution in [3.8, 4) is 5.75 Å². The standard InChI is InChI=1S/C14H18FNO/c15-12-3-4-14-11(7-12)8-13(17-14)6-10-2-1-5-16-9-10/h3-4,7,10,13,16H,1-2,5-6,8-9H2. The van der Waals surface area contributed by atoms with Crippen LogP contribution in [0.2, 0.25) is 0 Å². The SMILES string of the molecule is Fc1ccc2c(c1)CC(CC1CCCNC1)O2. The largest absolute Gasteiger partial charge is 0.490 e. The molecule has 3 rings (SSSR count). The number of hydrogen-bond acceptors (Lipinski definition) is 2. The molecule has 0 bridgehead atoms. The first-order valence-electron chi connectivity index (χ1n) is 6.47. The van der Waals surface area contributed by atoms with Crippen molar-refractivity contribution in [1.29, 1.82) is 0 Å². The average molecular weight is 235 g/mol. The molecule has 2 atom stereocenters. The third-order valence-corrected chi connectivity index (χ3v) is 3.76. The lowest BCUT2D eigenvalue weighted by atomic mass is 9.92. The molecular formula is C14H18FNO. The molecule has 1 saturated heterocycles. The molecule has 2 heterocycles. The number of halogens is 1. The van der Waals surface area contributed by atoms with E-state index >= 15 is 0 Å². The molecule has 92 valence electrons. The molecule has 0 aromatic heterocycles. The van der Waals surface area contributed by atoms with E-state index in [1.165, 1.54) is 18.9 Å². The van der Waals surface area contributed by atoms with Crippen LogP contribution in [-0.4, -0.2) is 19.2 Å². The Bertz CT molecular complexity index is 401. The molecule has 0 spiro atoms. The Balaban J connectivity index is 1.61. The minimum atomic E-state index is -0.160. The Morgan fingerprint density at radius 1 is 1.41 bits per heavy atom. The third-order valence-electron chi connectivity index (χ3n) is 3.76. The van der Waals surface area contributed by atoms with Crippen LogP contribution < -0.4 is 10.1 Å². The summed E-state index contributed by atoms with van der Waals surface area (Å²) in [5.74, 6) is 1.43. The van der Waals surface area contributed by atoms with Gasteiger partial charge in [0.25, 0.3) is 0 Å². The first kappa shape index (κ1) is 11.0. The van der Waals surface area contributed by atoms with Gasteiger partial charge in [0, 0.05) is 12.0 Å². The molecule has 0 aliphatic carbocycles. The highest BCUT2D eigenvalue weighted by Gasteiger charge is 2.26. The fourth-order valence-corrected chi connectivity index (χ4v) is 2.92. The van der Waals surface area contributed by atoms with Gasteiger partial charge in [-0.3, -0.25) is 0 Å². The Morgan fingerprint density at radius 3 is 3.18 bits per heavy atom. The minimum absolute atomic E-state index is 0.160. The summed E-state index contributed by atoms with van der Waals surface area (Å²) < 4.78 is 19.0. The van der Waals surface area contributed by atoms with E-state index in [1.807, 2.05) is 0 Å². The van der Waals surface area contributed by atoms with Gasteiger partial charge in [-0.2, -0.15) is 0 Å². The molecule has 3 heteroatoms. The smallest absolute Gasteiger partial charge is 0.123 e. The van der Waals surface area contributed by atoms with E-state index in [4.69, 9.17) is 4.74 Å². The monoisotopic (exact) mass is 235 g/mol. The van der Waals surface area contributed by atoms with E-state index in [-0.39, 0.29) is 11.9 Å². The topological polar surface area (TPSA) is 21.3 Å². The molecule has 1 aromatic carbocycles. The van der Waals surface area contributed by atoms with Crippen LogP contribution in [0.25, 0.3) is 0 Å². The van der Waals surface area contributed by atoms with Crippen molar-refractivity contribution in [2.75, 3.05) is 13.1 Å². The molecule has 2 aliphatic heterocycles. The highest BCUT2D eigenvalue weighted by molar-refractivity contribution is 5.37. The summed E-state index contributed by atoms with van der Waals surface area (Å²) in [5.41, 5.74) is 1.03. The minimum Gasteiger partial charge on any atom is -0.490 e. The summed E-state index contributed by atoms with van der Waals surface area (Å²) in [6.45, 7) is 2.25. The maximum atomic E-state index is 13.1. The number of benzene rings is 1. The number of nitrogens with one attached hydrogen (secondary N) is 1. The van der Waals surface area contributed by atoms with E-state index in [9.17, 15) is 4.39 Å². The van der Waals surface area contributed by atoms with Gasteiger partial charge in [0.05, 0.1) is 0 Å². The van der Waals surface area contributed by atoms with E-state index in [0.29, 0.717) is 5.92 Å². The lowest BCUT2D eigenvalue weighted by Gasteiger charge is -2.25. The van der Waals surface area contributed by atoms with Crippen molar-refractivity contribution < 1.29 is 9.13 Å². The van der Waals surface area contributed by atoms with Crippen molar-refractivity contribution >= 4 is 0 Å². The lowest BCUT2D eigenvalue weighted by molar-refractivity contribution is 0.180. The maximum absolute atomic E-state index is 13.1. The van der Waals surface area contributed by atoms with E-state index in [2.05, 4.69) is 5.32 Å². The quantitative estimate of drug-likeness (QED) is 0.850. The molecule has 1 fully saturated rings. The van der Waals surface area contributed by atoms with Crippen LogP contribution in [-0.2, 0) is 6.42 Å². The number of ether oxygens (including phenoxy) is 1. The number of piperidine rings is 1. The van der Waals surface area contributed by atoms with Gasteiger partial charge in [0.1, 0.15) is 17.7 Å². The summed E-state index contributed by atoms with van der Waals surface area (Å²) >= 11 is 0. The number of hydrogen-bond donors (Lipinski definition) is 1. The van der Waals surface area contributed by atoms with Crippen LogP contribution in [0.1, 0.15) is 24.8 Å². The second-order valence-corrected chi connectivity index (χ2v) is 5.14. The zero-order chi connectivity index (χ0) is 11.7. The normalized spacial score (nSPS) is 27.6. The fraction of sp³-hybridized carbons (Fsp3) is 0.571. The van der Waals surface area contributed by atoms with Crippen LogP contribution in [0.3, 0.4) is 0 Å². The predicted octanol–water partition coefficient (Wildman–Crippen LogP) is 2.52. The maximum Gasteiger partial charge on any atom is 0.123 e. The van der Waals surface area contributed by atoms with Crippen LogP contribution in [0.4, 0.5) is 4.39 Å². The molecule has 2 nitrogen and oxygen atoms in total. The zero-order valence-corrected chi connectivity index (χ0v) is 9.92. The van der Waals surface area contributed by atoms with Gasteiger partial charge in [-0.1, -0.05) is 0 Å². The molecule has 1 aromatic rings. The van der Waals surface area contributed by atoms with E-state index < -0.39 is 0 Å². The summed E-state index contributed by atoms with van der Waals surface area (Å²) in [6.07, 6.45) is 4.75. The summed E-state index contributed by atoms with van der Waals surface area (Å²) in [6, 6.07) is 4.83. The van der Waals surface area contributed by atoms with Crippen molar-refractivity contribution in [3.05, 3.63) is 29.6 Å². The molecule has 0 amide bonds. The predicted molar refractivity (Wildman–Crippen MR) is 64.7 cm³/mol. The van der Waals surface area contributed by atoms with Crippen LogP contribution >= 0.6 is 0 Å². The van der Waals surface area contributed by atoms with Gasteiger partial charge >= 0.3 is 0 Å². The summed E-state index contributed by atoms with van der Waals surface area (Å²) in [5, 5.41) is 3.42. The molecule has 2 unspecified atom stereocenters. The highest BCUT2D eigenvalue weighted by Crippen LogP contribution is 2.32. The molecule has 0 radical (unpaired) electrons. The molecule has 2 aliphatic rings. The Labute approximate surface area is 101 Å². The Kier molecular flexibility index (Phi) is 3.02. The zero-order valence-electron chi connectivity index (χ0n) is 9.92.